The van der Waals surface area contributed by atoms with E-state index in [1.54, 1.807) is 4.68 Å². The Morgan fingerprint density at radius 1 is 1.09 bits per heavy atom. The molecule has 0 atom stereocenters. The third kappa shape index (κ3) is 5.17. The number of nitrogens with zero attached hydrogens (tertiary/aromatic N) is 4. The quantitative estimate of drug-likeness (QED) is 0.324. The maximum absolute atomic E-state index is 12.9. The molecule has 3 heterocycles. The zero-order valence-corrected chi connectivity index (χ0v) is 20.8. The van der Waals surface area contributed by atoms with Crippen molar-refractivity contribution in [2.24, 2.45) is 5.92 Å². The normalized spacial score (nSPS) is 14.5. The Bertz CT molecular complexity index is 1400. The fraction of sp³-hybridized carbons (Fsp3) is 0.333. The van der Waals surface area contributed by atoms with Crippen LogP contribution < -0.4 is 5.56 Å². The standard InChI is InChI=1S/C27H29N5O2S/c1-18-8-9-22(14-19(18)2)32-25-23(16-28-32)26(34)30-27(29-25)35-17-24(33)31-12-10-21(11-13-31)15-20-6-4-3-5-7-20/h3-9,14,16,21H,10-13,15,17H2,1-2H3,(H,29,30,34). The molecule has 7 nitrogen and oxygen atoms in total. The number of likely N-dealkylation sites (tertiary alicyclic amines) is 1. The summed E-state index contributed by atoms with van der Waals surface area (Å²) in [6.45, 7) is 5.65. The van der Waals surface area contributed by atoms with Crippen LogP contribution in [0.5, 0.6) is 0 Å². The van der Waals surface area contributed by atoms with Crippen molar-refractivity contribution in [2.45, 2.75) is 38.3 Å². The molecule has 0 unspecified atom stereocenters. The number of hydrogen-bond acceptors (Lipinski definition) is 5. The number of fused-ring (bicyclic) bond motifs is 1. The molecule has 0 aliphatic carbocycles. The van der Waals surface area contributed by atoms with Gasteiger partial charge in [0.15, 0.2) is 10.8 Å². The molecular weight excluding hydrogens is 458 g/mol. The lowest BCUT2D eigenvalue weighted by Gasteiger charge is -2.32. The fourth-order valence-electron chi connectivity index (χ4n) is 4.57. The molecule has 4 aromatic rings. The van der Waals surface area contributed by atoms with E-state index < -0.39 is 0 Å². The van der Waals surface area contributed by atoms with Crippen LogP contribution in [0.15, 0.2) is 64.7 Å². The molecule has 5 rings (SSSR count). The Morgan fingerprint density at radius 2 is 1.86 bits per heavy atom. The van der Waals surface area contributed by atoms with Gasteiger partial charge in [-0.3, -0.25) is 9.59 Å². The van der Waals surface area contributed by atoms with Gasteiger partial charge >= 0.3 is 0 Å². The molecule has 2 aromatic heterocycles. The molecule has 0 bridgehead atoms. The van der Waals surface area contributed by atoms with Crippen molar-refractivity contribution in [1.82, 2.24) is 24.6 Å². The van der Waals surface area contributed by atoms with Crippen molar-refractivity contribution in [3.8, 4) is 5.69 Å². The minimum Gasteiger partial charge on any atom is -0.342 e. The molecule has 1 amide bonds. The van der Waals surface area contributed by atoms with Gasteiger partial charge in [0.05, 0.1) is 17.6 Å². The van der Waals surface area contributed by atoms with Crippen LogP contribution in [-0.4, -0.2) is 49.4 Å². The number of thioether (sulfide) groups is 1. The van der Waals surface area contributed by atoms with Crippen LogP contribution in [0.2, 0.25) is 0 Å². The van der Waals surface area contributed by atoms with E-state index in [1.807, 2.05) is 36.1 Å². The Kier molecular flexibility index (Phi) is 6.72. The van der Waals surface area contributed by atoms with Crippen LogP contribution in [0.1, 0.15) is 29.5 Å². The van der Waals surface area contributed by atoms with E-state index in [4.69, 9.17) is 0 Å². The number of amides is 1. The van der Waals surface area contributed by atoms with Gasteiger partial charge in [0, 0.05) is 13.1 Å². The fourth-order valence-corrected chi connectivity index (χ4v) is 5.33. The smallest absolute Gasteiger partial charge is 0.262 e. The number of hydrogen-bond donors (Lipinski definition) is 1. The number of benzene rings is 2. The Labute approximate surface area is 208 Å². The average Bonchev–Trinajstić information content (AvgIpc) is 3.30. The minimum atomic E-state index is -0.248. The number of carbonyl (C=O) groups excluding carboxylic acids is 1. The highest BCUT2D eigenvalue weighted by Gasteiger charge is 2.23. The lowest BCUT2D eigenvalue weighted by atomic mass is 9.90. The van der Waals surface area contributed by atoms with Gasteiger partial charge in [-0.2, -0.15) is 5.10 Å². The highest BCUT2D eigenvalue weighted by atomic mass is 32.2. The second-order valence-electron chi connectivity index (χ2n) is 9.24. The average molecular weight is 488 g/mol. The van der Waals surface area contributed by atoms with Gasteiger partial charge in [-0.15, -0.1) is 0 Å². The summed E-state index contributed by atoms with van der Waals surface area (Å²) in [5, 5.41) is 5.25. The summed E-state index contributed by atoms with van der Waals surface area (Å²) in [4.78, 5) is 34.9. The second kappa shape index (κ2) is 10.1. The zero-order valence-electron chi connectivity index (χ0n) is 20.0. The molecular formula is C27H29N5O2S. The van der Waals surface area contributed by atoms with Gasteiger partial charge in [0.1, 0.15) is 5.39 Å². The molecule has 8 heteroatoms. The first-order valence-electron chi connectivity index (χ1n) is 12.0. The number of carbonyl (C=O) groups is 1. The van der Waals surface area contributed by atoms with Gasteiger partial charge in [-0.1, -0.05) is 48.2 Å². The molecule has 180 valence electrons. The summed E-state index contributed by atoms with van der Waals surface area (Å²) >= 11 is 1.27. The number of aromatic nitrogens is 4. The van der Waals surface area contributed by atoms with Crippen molar-refractivity contribution < 1.29 is 4.79 Å². The third-order valence-corrected chi connectivity index (χ3v) is 7.68. The molecule has 0 saturated carbocycles. The van der Waals surface area contributed by atoms with Crippen molar-refractivity contribution in [2.75, 3.05) is 18.8 Å². The summed E-state index contributed by atoms with van der Waals surface area (Å²) in [5.41, 5.74) is 4.79. The Morgan fingerprint density at radius 3 is 2.60 bits per heavy atom. The van der Waals surface area contributed by atoms with Crippen LogP contribution in [0.4, 0.5) is 0 Å². The zero-order chi connectivity index (χ0) is 24.4. The molecule has 1 saturated heterocycles. The highest BCUT2D eigenvalue weighted by Crippen LogP contribution is 2.24. The first kappa shape index (κ1) is 23.4. The van der Waals surface area contributed by atoms with E-state index in [9.17, 15) is 9.59 Å². The number of rotatable bonds is 6. The van der Waals surface area contributed by atoms with Crippen LogP contribution in [0, 0.1) is 19.8 Å². The van der Waals surface area contributed by atoms with E-state index >= 15 is 0 Å². The van der Waals surface area contributed by atoms with Gasteiger partial charge < -0.3 is 9.88 Å². The van der Waals surface area contributed by atoms with E-state index in [1.165, 1.54) is 29.1 Å². The van der Waals surface area contributed by atoms with Gasteiger partial charge in [-0.05, 0) is 67.9 Å². The van der Waals surface area contributed by atoms with Crippen LogP contribution in [0.3, 0.4) is 0 Å². The molecule has 1 fully saturated rings. The maximum Gasteiger partial charge on any atom is 0.262 e. The molecule has 2 aromatic carbocycles. The lowest BCUT2D eigenvalue weighted by molar-refractivity contribution is -0.129. The third-order valence-electron chi connectivity index (χ3n) is 6.82. The number of nitrogens with one attached hydrogen (secondary N) is 1. The monoisotopic (exact) mass is 487 g/mol. The Balaban J connectivity index is 1.23. The molecule has 35 heavy (non-hydrogen) atoms. The Hall–Kier alpha value is -3.39. The van der Waals surface area contributed by atoms with Crippen LogP contribution in [0.25, 0.3) is 16.7 Å². The maximum atomic E-state index is 12.9. The molecule has 1 aliphatic heterocycles. The molecule has 0 spiro atoms. The summed E-state index contributed by atoms with van der Waals surface area (Å²) in [6, 6.07) is 16.6. The highest BCUT2D eigenvalue weighted by molar-refractivity contribution is 7.99. The topological polar surface area (TPSA) is 83.9 Å². The summed E-state index contributed by atoms with van der Waals surface area (Å²) < 4.78 is 1.68. The van der Waals surface area contributed by atoms with Crippen molar-refractivity contribution >= 4 is 28.7 Å². The van der Waals surface area contributed by atoms with Crippen molar-refractivity contribution in [1.29, 1.82) is 0 Å². The van der Waals surface area contributed by atoms with E-state index in [0.29, 0.717) is 22.1 Å². The van der Waals surface area contributed by atoms with Gasteiger partial charge in [0.2, 0.25) is 5.91 Å². The SMILES string of the molecule is Cc1ccc(-n2ncc3c(=O)[nH]c(SCC(=O)N4CCC(Cc5ccccc5)CC4)nc32)cc1C. The summed E-state index contributed by atoms with van der Waals surface area (Å²) in [5.74, 6) is 0.939. The molecule has 1 aliphatic rings. The second-order valence-corrected chi connectivity index (χ2v) is 10.2. The van der Waals surface area contributed by atoms with E-state index in [0.717, 1.165) is 43.6 Å². The van der Waals surface area contributed by atoms with E-state index in [2.05, 4.69) is 46.3 Å². The first-order chi connectivity index (χ1) is 17.0. The largest absolute Gasteiger partial charge is 0.342 e. The van der Waals surface area contributed by atoms with Crippen LogP contribution in [-0.2, 0) is 11.2 Å². The van der Waals surface area contributed by atoms with Crippen molar-refractivity contribution in [3.63, 3.8) is 0 Å². The molecule has 1 N–H and O–H groups in total. The van der Waals surface area contributed by atoms with Gasteiger partial charge in [0.25, 0.3) is 5.56 Å². The summed E-state index contributed by atoms with van der Waals surface area (Å²) in [6.07, 6.45) is 4.63. The van der Waals surface area contributed by atoms with Gasteiger partial charge in [-0.25, -0.2) is 9.67 Å². The molecule has 0 radical (unpaired) electrons. The number of piperidine rings is 1. The van der Waals surface area contributed by atoms with Crippen molar-refractivity contribution in [3.05, 3.63) is 81.8 Å². The van der Waals surface area contributed by atoms with Crippen LogP contribution >= 0.6 is 11.8 Å². The number of aromatic amines is 1. The summed E-state index contributed by atoms with van der Waals surface area (Å²) in [7, 11) is 0. The number of aryl methyl sites for hydroxylation is 2. The first-order valence-corrected chi connectivity index (χ1v) is 13.0. The lowest BCUT2D eigenvalue weighted by Crippen LogP contribution is -2.39. The van der Waals surface area contributed by atoms with E-state index in [-0.39, 0.29) is 17.2 Å². The number of H-pyrrole nitrogens is 1. The predicted molar refractivity (Wildman–Crippen MR) is 139 cm³/mol. The predicted octanol–water partition coefficient (Wildman–Crippen LogP) is 4.30. The minimum absolute atomic E-state index is 0.0820.